The number of aryl methyl sites for hydroxylation is 1. The van der Waals surface area contributed by atoms with Crippen LogP contribution in [0.2, 0.25) is 0 Å². The number of thiazole rings is 1. The second-order valence-corrected chi connectivity index (χ2v) is 11.6. The molecule has 0 radical (unpaired) electrons. The summed E-state index contributed by atoms with van der Waals surface area (Å²) in [4.78, 5) is 36.8. The molecule has 2 atom stereocenters. The molecule has 2 N–H and O–H groups in total. The Labute approximate surface area is 242 Å². The average molecular weight is 563 g/mol. The Morgan fingerprint density at radius 2 is 1.85 bits per heavy atom. The molecule has 7 rings (SSSR count). The molecule has 9 nitrogen and oxygen atoms in total. The molecule has 0 saturated carbocycles. The number of nitrogens with one attached hydrogen (secondary N) is 2. The summed E-state index contributed by atoms with van der Waals surface area (Å²) < 4.78 is 0.970. The molecular weight excluding hydrogens is 532 g/mol. The Hall–Kier alpha value is -4.41. The maximum atomic E-state index is 12.8. The third-order valence-electron chi connectivity index (χ3n) is 7.79. The third kappa shape index (κ3) is 5.12. The minimum absolute atomic E-state index is 0.156. The highest BCUT2D eigenvalue weighted by atomic mass is 32.1. The minimum Gasteiger partial charge on any atom is -0.335 e. The van der Waals surface area contributed by atoms with Gasteiger partial charge in [0.2, 0.25) is 5.95 Å². The summed E-state index contributed by atoms with van der Waals surface area (Å²) in [5, 5.41) is 7.15. The molecule has 2 saturated heterocycles. The number of likely N-dealkylation sites (N-methyl/N-ethyl adjacent to an activating group) is 1. The maximum absolute atomic E-state index is 12.8. The van der Waals surface area contributed by atoms with Gasteiger partial charge in [0.05, 0.1) is 10.2 Å². The highest BCUT2D eigenvalue weighted by Gasteiger charge is 2.43. The summed E-state index contributed by atoms with van der Waals surface area (Å²) in [5.74, 6) is 2.02. The monoisotopic (exact) mass is 562 g/mol. The Bertz CT molecular complexity index is 1740. The molecule has 0 spiro atoms. The fourth-order valence-electron chi connectivity index (χ4n) is 5.80. The largest absolute Gasteiger partial charge is 0.335 e. The first-order chi connectivity index (χ1) is 20.0. The van der Waals surface area contributed by atoms with Crippen LogP contribution in [0.1, 0.15) is 29.4 Å². The standard InChI is InChI=1S/C31H30N8OS/c1-3-38-17-24-14-23(38)18-39(24)31-33-19(2)12-28(37-31)36-27-15-25-26(16-32-27)41-30(35-25)21-9-7-8-20(13-21)29(40)34-22-10-5-4-6-11-22/h4-13,15-16,23-24H,3,14,17-18H2,1-2H3,(H,34,40)(H,32,33,36,37)/t23-,24-/m0/s1. The number of hydrogen-bond donors (Lipinski definition) is 2. The molecule has 2 bridgehead atoms. The van der Waals surface area contributed by atoms with Gasteiger partial charge in [-0.05, 0) is 44.2 Å². The molecule has 41 heavy (non-hydrogen) atoms. The number of rotatable bonds is 7. The highest BCUT2D eigenvalue weighted by molar-refractivity contribution is 7.21. The van der Waals surface area contributed by atoms with Crippen molar-refractivity contribution in [2.45, 2.75) is 32.4 Å². The van der Waals surface area contributed by atoms with Crippen molar-refractivity contribution in [3.63, 3.8) is 0 Å². The predicted molar refractivity (Wildman–Crippen MR) is 164 cm³/mol. The summed E-state index contributed by atoms with van der Waals surface area (Å²) in [5.41, 5.74) is 3.98. The third-order valence-corrected chi connectivity index (χ3v) is 8.85. The molecule has 2 fully saturated rings. The summed E-state index contributed by atoms with van der Waals surface area (Å²) in [6, 6.07) is 21.9. The highest BCUT2D eigenvalue weighted by Crippen LogP contribution is 2.34. The molecule has 206 valence electrons. The van der Waals surface area contributed by atoms with Crippen LogP contribution in [-0.2, 0) is 0 Å². The van der Waals surface area contributed by atoms with Crippen molar-refractivity contribution in [1.82, 2.24) is 24.8 Å². The van der Waals surface area contributed by atoms with E-state index in [1.807, 2.05) is 79.9 Å². The number of para-hydroxylation sites is 1. The van der Waals surface area contributed by atoms with Crippen molar-refractivity contribution in [1.29, 1.82) is 0 Å². The van der Waals surface area contributed by atoms with Crippen LogP contribution in [0.5, 0.6) is 0 Å². The van der Waals surface area contributed by atoms with Crippen LogP contribution >= 0.6 is 11.3 Å². The van der Waals surface area contributed by atoms with Crippen molar-refractivity contribution >= 4 is 50.7 Å². The first-order valence-corrected chi connectivity index (χ1v) is 14.7. The summed E-state index contributed by atoms with van der Waals surface area (Å²) in [7, 11) is 0. The number of likely N-dealkylation sites (tertiary alicyclic amines) is 1. The van der Waals surface area contributed by atoms with E-state index in [2.05, 4.69) is 32.3 Å². The van der Waals surface area contributed by atoms with Gasteiger partial charge in [-0.25, -0.2) is 15.0 Å². The fourth-order valence-corrected chi connectivity index (χ4v) is 6.71. The van der Waals surface area contributed by atoms with Gasteiger partial charge in [-0.2, -0.15) is 4.98 Å². The van der Waals surface area contributed by atoms with E-state index in [0.717, 1.165) is 63.6 Å². The van der Waals surface area contributed by atoms with E-state index in [-0.39, 0.29) is 5.91 Å². The number of fused-ring (bicyclic) bond motifs is 3. The zero-order chi connectivity index (χ0) is 27.9. The van der Waals surface area contributed by atoms with E-state index in [9.17, 15) is 4.79 Å². The molecule has 2 aromatic carbocycles. The van der Waals surface area contributed by atoms with Crippen LogP contribution in [0.15, 0.2) is 72.9 Å². The number of nitrogens with zero attached hydrogens (tertiary/aromatic N) is 6. The lowest BCUT2D eigenvalue weighted by atomic mass is 10.1. The number of benzene rings is 2. The van der Waals surface area contributed by atoms with Gasteiger partial charge in [-0.3, -0.25) is 9.69 Å². The Kier molecular flexibility index (Phi) is 6.56. The first-order valence-electron chi connectivity index (χ1n) is 13.9. The molecule has 3 aromatic heterocycles. The van der Waals surface area contributed by atoms with E-state index in [4.69, 9.17) is 15.0 Å². The number of amides is 1. The molecule has 1 amide bonds. The van der Waals surface area contributed by atoms with Crippen molar-refractivity contribution in [3.8, 4) is 10.6 Å². The molecule has 5 aromatic rings. The lowest BCUT2D eigenvalue weighted by Gasteiger charge is -2.33. The van der Waals surface area contributed by atoms with Crippen LogP contribution in [0.3, 0.4) is 0 Å². The Morgan fingerprint density at radius 1 is 0.976 bits per heavy atom. The van der Waals surface area contributed by atoms with Crippen molar-refractivity contribution in [2.24, 2.45) is 0 Å². The quantitative estimate of drug-likeness (QED) is 0.259. The van der Waals surface area contributed by atoms with Gasteiger partial charge in [-0.1, -0.05) is 37.3 Å². The van der Waals surface area contributed by atoms with E-state index < -0.39 is 0 Å². The Morgan fingerprint density at radius 3 is 2.66 bits per heavy atom. The van der Waals surface area contributed by atoms with Gasteiger partial charge in [0, 0.05) is 66.0 Å². The minimum atomic E-state index is -0.156. The second kappa shape index (κ2) is 10.5. The summed E-state index contributed by atoms with van der Waals surface area (Å²) in [6.07, 6.45) is 3.01. The molecule has 10 heteroatoms. The summed E-state index contributed by atoms with van der Waals surface area (Å²) in [6.45, 7) is 7.38. The van der Waals surface area contributed by atoms with Gasteiger partial charge >= 0.3 is 0 Å². The molecule has 2 aliphatic rings. The first kappa shape index (κ1) is 25.6. The van der Waals surface area contributed by atoms with E-state index in [0.29, 0.717) is 23.5 Å². The zero-order valence-corrected chi connectivity index (χ0v) is 23.7. The van der Waals surface area contributed by atoms with Gasteiger partial charge in [0.25, 0.3) is 5.91 Å². The molecule has 0 unspecified atom stereocenters. The van der Waals surface area contributed by atoms with Gasteiger partial charge < -0.3 is 15.5 Å². The lowest BCUT2D eigenvalue weighted by molar-refractivity contribution is 0.102. The van der Waals surface area contributed by atoms with Crippen LogP contribution < -0.4 is 15.5 Å². The summed E-state index contributed by atoms with van der Waals surface area (Å²) >= 11 is 1.55. The number of carbonyl (C=O) groups excluding carboxylic acids is 1. The van der Waals surface area contributed by atoms with Crippen LogP contribution in [0.25, 0.3) is 20.8 Å². The van der Waals surface area contributed by atoms with Gasteiger partial charge in [0.15, 0.2) is 0 Å². The normalized spacial score (nSPS) is 18.2. The van der Waals surface area contributed by atoms with E-state index >= 15 is 0 Å². The molecule has 2 aliphatic heterocycles. The second-order valence-electron chi connectivity index (χ2n) is 10.6. The number of carbonyl (C=O) groups is 1. The molecular formula is C31H30N8OS. The smallest absolute Gasteiger partial charge is 0.255 e. The SMILES string of the molecule is CCN1C[C@@H]2C[C@H]1CN2c1nc(C)cc(Nc2cc3nc(-c4cccc(C(=O)Nc5ccccc5)c4)sc3cn2)n1. The number of hydrogen-bond acceptors (Lipinski definition) is 9. The van der Waals surface area contributed by atoms with E-state index in [1.54, 1.807) is 11.3 Å². The Balaban J connectivity index is 1.10. The van der Waals surface area contributed by atoms with Gasteiger partial charge in [-0.15, -0.1) is 11.3 Å². The van der Waals surface area contributed by atoms with Crippen molar-refractivity contribution in [2.75, 3.05) is 35.2 Å². The molecule has 0 aliphatic carbocycles. The lowest BCUT2D eigenvalue weighted by Crippen LogP contribution is -2.46. The van der Waals surface area contributed by atoms with Crippen molar-refractivity contribution < 1.29 is 4.79 Å². The van der Waals surface area contributed by atoms with Crippen molar-refractivity contribution in [3.05, 3.63) is 84.2 Å². The number of aromatic nitrogens is 4. The fraction of sp³-hybridized carbons (Fsp3) is 0.258. The predicted octanol–water partition coefficient (Wildman–Crippen LogP) is 5.74. The number of anilines is 4. The van der Waals surface area contributed by atoms with Crippen LogP contribution in [0.4, 0.5) is 23.3 Å². The zero-order valence-electron chi connectivity index (χ0n) is 22.9. The van der Waals surface area contributed by atoms with Crippen LogP contribution in [-0.4, -0.2) is 62.5 Å². The average Bonchev–Trinajstić information content (AvgIpc) is 3.72. The van der Waals surface area contributed by atoms with Gasteiger partial charge in [0.1, 0.15) is 16.6 Å². The number of pyridine rings is 1. The van der Waals surface area contributed by atoms with Crippen LogP contribution in [0, 0.1) is 6.92 Å². The molecule has 5 heterocycles. The maximum Gasteiger partial charge on any atom is 0.255 e. The van der Waals surface area contributed by atoms with E-state index in [1.165, 1.54) is 6.42 Å². The topological polar surface area (TPSA) is 99.2 Å². The number of piperazine rings is 1.